The number of aromatic nitrogens is 1. The molecular formula is C13H17N3O3. The molecule has 6 nitrogen and oxygen atoms in total. The van der Waals surface area contributed by atoms with Crippen LogP contribution in [0.3, 0.4) is 0 Å². The number of benzene rings is 1. The molecule has 2 heterocycles. The number of fused-ring (bicyclic) bond motifs is 1. The molecule has 1 fully saturated rings. The normalized spacial score (nSPS) is 19.3. The van der Waals surface area contributed by atoms with Gasteiger partial charge in [0.2, 0.25) is 0 Å². The van der Waals surface area contributed by atoms with Gasteiger partial charge in [0.25, 0.3) is 0 Å². The molecule has 1 aliphatic rings. The predicted octanol–water partition coefficient (Wildman–Crippen LogP) is 0.357. The monoisotopic (exact) mass is 263 g/mol. The molecule has 0 aliphatic carbocycles. The Bertz CT molecular complexity index is 636. The lowest BCUT2D eigenvalue weighted by molar-refractivity contribution is -0.126. The highest BCUT2D eigenvalue weighted by molar-refractivity contribution is 5.73. The number of ether oxygens (including phenoxy) is 1. The third-order valence-corrected chi connectivity index (χ3v) is 3.86. The first kappa shape index (κ1) is 12.4. The lowest BCUT2D eigenvalue weighted by atomic mass is 9.75. The third-order valence-electron chi connectivity index (χ3n) is 3.86. The Labute approximate surface area is 109 Å². The van der Waals surface area contributed by atoms with Crippen molar-refractivity contribution in [1.82, 2.24) is 10.3 Å². The summed E-state index contributed by atoms with van der Waals surface area (Å²) < 4.78 is 10.3. The van der Waals surface area contributed by atoms with Gasteiger partial charge in [0, 0.05) is 18.0 Å². The van der Waals surface area contributed by atoms with Crippen LogP contribution in [-0.4, -0.2) is 31.8 Å². The minimum atomic E-state index is -0.436. The van der Waals surface area contributed by atoms with Crippen molar-refractivity contribution in [1.29, 1.82) is 0 Å². The van der Waals surface area contributed by atoms with E-state index in [0.29, 0.717) is 30.9 Å². The van der Waals surface area contributed by atoms with Crippen LogP contribution < -0.4 is 16.8 Å². The SMILES string of the molecule is CNC(c1ccc2oc(=O)[nH]c2c1)C1(CN)COC1. The van der Waals surface area contributed by atoms with Gasteiger partial charge in [0.15, 0.2) is 5.58 Å². The van der Waals surface area contributed by atoms with Gasteiger partial charge in [0.1, 0.15) is 0 Å². The topological polar surface area (TPSA) is 93.3 Å². The highest BCUT2D eigenvalue weighted by Gasteiger charge is 2.44. The van der Waals surface area contributed by atoms with Gasteiger partial charge in [-0.25, -0.2) is 4.79 Å². The molecule has 1 atom stereocenters. The molecule has 6 heteroatoms. The first-order valence-electron chi connectivity index (χ1n) is 6.26. The molecule has 1 aromatic carbocycles. The van der Waals surface area contributed by atoms with Gasteiger partial charge in [-0.05, 0) is 24.7 Å². The Kier molecular flexibility index (Phi) is 2.93. The molecule has 1 aromatic heterocycles. The number of nitrogens with two attached hydrogens (primary N) is 1. The van der Waals surface area contributed by atoms with Crippen molar-refractivity contribution in [2.75, 3.05) is 26.8 Å². The molecule has 0 bridgehead atoms. The summed E-state index contributed by atoms with van der Waals surface area (Å²) in [6.07, 6.45) is 0. The zero-order valence-corrected chi connectivity index (χ0v) is 10.7. The maximum Gasteiger partial charge on any atom is 0.417 e. The van der Waals surface area contributed by atoms with Crippen LogP contribution in [0.25, 0.3) is 11.1 Å². The molecule has 0 radical (unpaired) electrons. The molecule has 2 aromatic rings. The van der Waals surface area contributed by atoms with Crippen LogP contribution in [0.15, 0.2) is 27.4 Å². The van der Waals surface area contributed by atoms with Crippen LogP contribution in [0.5, 0.6) is 0 Å². The average Bonchev–Trinajstić information content (AvgIpc) is 2.72. The van der Waals surface area contributed by atoms with Gasteiger partial charge >= 0.3 is 5.76 Å². The Morgan fingerprint density at radius 1 is 1.53 bits per heavy atom. The fraction of sp³-hybridized carbons (Fsp3) is 0.462. The number of nitrogens with one attached hydrogen (secondary N) is 2. The van der Waals surface area contributed by atoms with E-state index in [9.17, 15) is 4.79 Å². The third kappa shape index (κ3) is 1.88. The van der Waals surface area contributed by atoms with Crippen molar-refractivity contribution in [2.45, 2.75) is 6.04 Å². The predicted molar refractivity (Wildman–Crippen MR) is 70.9 cm³/mol. The van der Waals surface area contributed by atoms with E-state index < -0.39 is 5.76 Å². The average molecular weight is 263 g/mol. The summed E-state index contributed by atoms with van der Waals surface area (Å²) in [5.41, 5.74) is 8.17. The van der Waals surface area contributed by atoms with Crippen molar-refractivity contribution in [3.63, 3.8) is 0 Å². The lowest BCUT2D eigenvalue weighted by Gasteiger charge is -2.46. The van der Waals surface area contributed by atoms with Crippen LogP contribution in [-0.2, 0) is 4.74 Å². The van der Waals surface area contributed by atoms with Gasteiger partial charge in [-0.3, -0.25) is 4.98 Å². The van der Waals surface area contributed by atoms with Crippen LogP contribution in [0.4, 0.5) is 0 Å². The van der Waals surface area contributed by atoms with Crippen LogP contribution in [0.2, 0.25) is 0 Å². The van der Waals surface area contributed by atoms with Gasteiger partial charge in [-0.15, -0.1) is 0 Å². The zero-order valence-electron chi connectivity index (χ0n) is 10.7. The highest BCUT2D eigenvalue weighted by Crippen LogP contribution is 2.40. The van der Waals surface area contributed by atoms with Gasteiger partial charge in [0.05, 0.1) is 18.7 Å². The van der Waals surface area contributed by atoms with E-state index in [-0.39, 0.29) is 11.5 Å². The van der Waals surface area contributed by atoms with E-state index >= 15 is 0 Å². The Morgan fingerprint density at radius 3 is 2.89 bits per heavy atom. The fourth-order valence-corrected chi connectivity index (χ4v) is 2.74. The van der Waals surface area contributed by atoms with Gasteiger partial charge < -0.3 is 20.2 Å². The standard InChI is InChI=1S/C13H17N3O3/c1-15-11(13(5-14)6-18-7-13)8-2-3-10-9(4-8)16-12(17)19-10/h2-4,11,15H,5-7,14H2,1H3,(H,16,17). The number of hydrogen-bond donors (Lipinski definition) is 3. The van der Waals surface area contributed by atoms with Crippen molar-refractivity contribution in [3.8, 4) is 0 Å². The molecule has 102 valence electrons. The van der Waals surface area contributed by atoms with E-state index in [4.69, 9.17) is 14.9 Å². The molecule has 3 rings (SSSR count). The number of hydrogen-bond acceptors (Lipinski definition) is 5. The molecule has 0 saturated carbocycles. The van der Waals surface area contributed by atoms with Crippen molar-refractivity contribution >= 4 is 11.1 Å². The molecule has 1 saturated heterocycles. The maximum absolute atomic E-state index is 11.2. The fourth-order valence-electron chi connectivity index (χ4n) is 2.74. The summed E-state index contributed by atoms with van der Waals surface area (Å²) in [6, 6.07) is 5.78. The summed E-state index contributed by atoms with van der Waals surface area (Å²) in [7, 11) is 1.91. The first-order valence-corrected chi connectivity index (χ1v) is 6.26. The maximum atomic E-state index is 11.2. The van der Waals surface area contributed by atoms with E-state index in [2.05, 4.69) is 10.3 Å². The summed E-state index contributed by atoms with van der Waals surface area (Å²) in [4.78, 5) is 13.9. The largest absolute Gasteiger partial charge is 0.417 e. The number of rotatable bonds is 4. The molecule has 19 heavy (non-hydrogen) atoms. The molecular weight excluding hydrogens is 246 g/mol. The molecule has 1 unspecified atom stereocenters. The van der Waals surface area contributed by atoms with E-state index in [0.717, 1.165) is 5.56 Å². The van der Waals surface area contributed by atoms with Crippen molar-refractivity contribution in [2.24, 2.45) is 11.1 Å². The summed E-state index contributed by atoms with van der Waals surface area (Å²) in [5.74, 6) is -0.436. The van der Waals surface area contributed by atoms with E-state index in [1.165, 1.54) is 0 Å². The van der Waals surface area contributed by atoms with Crippen LogP contribution in [0, 0.1) is 5.41 Å². The quantitative estimate of drug-likeness (QED) is 0.740. The molecule has 0 spiro atoms. The van der Waals surface area contributed by atoms with Gasteiger partial charge in [-0.2, -0.15) is 0 Å². The van der Waals surface area contributed by atoms with Crippen LogP contribution >= 0.6 is 0 Å². The molecule has 1 aliphatic heterocycles. The second-order valence-corrected chi connectivity index (χ2v) is 5.05. The number of H-pyrrole nitrogens is 1. The molecule has 0 amide bonds. The second kappa shape index (κ2) is 4.48. The highest BCUT2D eigenvalue weighted by atomic mass is 16.5. The lowest BCUT2D eigenvalue weighted by Crippen LogP contribution is -2.55. The summed E-state index contributed by atoms with van der Waals surface area (Å²) in [6.45, 7) is 1.85. The van der Waals surface area contributed by atoms with Gasteiger partial charge in [-0.1, -0.05) is 6.07 Å². The number of oxazole rings is 1. The second-order valence-electron chi connectivity index (χ2n) is 5.05. The Morgan fingerprint density at radius 2 is 2.32 bits per heavy atom. The van der Waals surface area contributed by atoms with E-state index in [1.54, 1.807) is 6.07 Å². The zero-order chi connectivity index (χ0) is 13.5. The first-order chi connectivity index (χ1) is 9.18. The smallest absolute Gasteiger partial charge is 0.408 e. The summed E-state index contributed by atoms with van der Waals surface area (Å²) in [5, 5.41) is 3.30. The minimum Gasteiger partial charge on any atom is -0.408 e. The number of aromatic amines is 1. The van der Waals surface area contributed by atoms with E-state index in [1.807, 2.05) is 19.2 Å². The molecule has 4 N–H and O–H groups in total. The summed E-state index contributed by atoms with van der Waals surface area (Å²) >= 11 is 0. The minimum absolute atomic E-state index is 0.0769. The van der Waals surface area contributed by atoms with Crippen molar-refractivity contribution in [3.05, 3.63) is 34.3 Å². The van der Waals surface area contributed by atoms with Crippen molar-refractivity contribution < 1.29 is 9.15 Å². The Balaban J connectivity index is 2.03. The van der Waals surface area contributed by atoms with Crippen LogP contribution in [0.1, 0.15) is 11.6 Å². The Hall–Kier alpha value is -1.63.